The molecule has 29 heavy (non-hydrogen) atoms. The number of nitriles is 1. The minimum Gasteiger partial charge on any atom is -0.493 e. The van der Waals surface area contributed by atoms with E-state index >= 15 is 0 Å². The molecule has 0 saturated heterocycles. The van der Waals surface area contributed by atoms with Gasteiger partial charge in [0, 0.05) is 19.2 Å². The van der Waals surface area contributed by atoms with Crippen molar-refractivity contribution in [1.82, 2.24) is 4.98 Å². The van der Waals surface area contributed by atoms with E-state index in [0.29, 0.717) is 35.5 Å². The number of fused-ring (bicyclic) bond motifs is 1. The number of benzene rings is 2. The topological polar surface area (TPSA) is 71.5 Å². The van der Waals surface area contributed by atoms with Gasteiger partial charge in [-0.2, -0.15) is 10.2 Å². The molecule has 6 heteroatoms. The SMILES string of the molecule is COc1ccc(C=Cc2nc(C#N)c(N3CCc4ccccc4C3)o2)cc1OC. The summed E-state index contributed by atoms with van der Waals surface area (Å²) >= 11 is 0. The lowest BCUT2D eigenvalue weighted by molar-refractivity contribution is 0.355. The van der Waals surface area contributed by atoms with Crippen LogP contribution in [0, 0.1) is 11.3 Å². The fourth-order valence-electron chi connectivity index (χ4n) is 3.48. The van der Waals surface area contributed by atoms with Gasteiger partial charge in [-0.05, 0) is 41.3 Å². The quantitative estimate of drug-likeness (QED) is 0.650. The number of rotatable bonds is 5. The van der Waals surface area contributed by atoms with Gasteiger partial charge in [0.05, 0.1) is 14.2 Å². The maximum Gasteiger partial charge on any atom is 0.235 e. The van der Waals surface area contributed by atoms with Crippen molar-refractivity contribution in [3.8, 4) is 17.6 Å². The maximum atomic E-state index is 9.52. The molecule has 0 radical (unpaired) electrons. The first-order valence-electron chi connectivity index (χ1n) is 9.34. The van der Waals surface area contributed by atoms with E-state index < -0.39 is 0 Å². The first-order valence-corrected chi connectivity index (χ1v) is 9.34. The Morgan fingerprint density at radius 1 is 1.07 bits per heavy atom. The summed E-state index contributed by atoms with van der Waals surface area (Å²) < 4.78 is 16.5. The second-order valence-corrected chi connectivity index (χ2v) is 6.71. The van der Waals surface area contributed by atoms with Crippen LogP contribution in [-0.4, -0.2) is 25.7 Å². The van der Waals surface area contributed by atoms with E-state index in [-0.39, 0.29) is 0 Å². The van der Waals surface area contributed by atoms with Gasteiger partial charge in [-0.1, -0.05) is 30.3 Å². The van der Waals surface area contributed by atoms with Gasteiger partial charge < -0.3 is 18.8 Å². The van der Waals surface area contributed by atoms with Gasteiger partial charge in [0.25, 0.3) is 0 Å². The summed E-state index contributed by atoms with van der Waals surface area (Å²) in [6.45, 7) is 1.50. The molecule has 0 bridgehead atoms. The molecule has 6 nitrogen and oxygen atoms in total. The van der Waals surface area contributed by atoms with Crippen LogP contribution < -0.4 is 14.4 Å². The van der Waals surface area contributed by atoms with Crippen molar-refractivity contribution < 1.29 is 13.9 Å². The van der Waals surface area contributed by atoms with E-state index in [2.05, 4.69) is 34.2 Å². The Bertz CT molecular complexity index is 1090. The fraction of sp³-hybridized carbons (Fsp3) is 0.217. The second kappa shape index (κ2) is 8.11. The number of hydrogen-bond donors (Lipinski definition) is 0. The highest BCUT2D eigenvalue weighted by Crippen LogP contribution is 2.30. The minimum atomic E-state index is 0.302. The van der Waals surface area contributed by atoms with E-state index in [4.69, 9.17) is 13.9 Å². The standard InChI is InChI=1S/C23H21N3O3/c1-27-20-9-7-16(13-21(20)28-2)8-10-22-25-19(14-24)23(29-22)26-12-11-17-5-3-4-6-18(17)15-26/h3-10,13H,11-12,15H2,1-2H3. The summed E-state index contributed by atoms with van der Waals surface area (Å²) in [5.41, 5.74) is 3.81. The Labute approximate surface area is 169 Å². The zero-order chi connectivity index (χ0) is 20.2. The predicted octanol–water partition coefficient (Wildman–Crippen LogP) is 4.30. The first-order chi connectivity index (χ1) is 14.2. The van der Waals surface area contributed by atoms with Crippen LogP contribution in [0.1, 0.15) is 28.3 Å². The lowest BCUT2D eigenvalue weighted by Crippen LogP contribution is -2.30. The third kappa shape index (κ3) is 3.81. The van der Waals surface area contributed by atoms with Gasteiger partial charge >= 0.3 is 0 Å². The molecule has 1 aromatic heterocycles. The van der Waals surface area contributed by atoms with Crippen molar-refractivity contribution in [2.45, 2.75) is 13.0 Å². The molecular weight excluding hydrogens is 366 g/mol. The van der Waals surface area contributed by atoms with Crippen molar-refractivity contribution in [3.63, 3.8) is 0 Å². The summed E-state index contributed by atoms with van der Waals surface area (Å²) in [5.74, 6) is 2.23. The van der Waals surface area contributed by atoms with Crippen LogP contribution in [0.3, 0.4) is 0 Å². The molecule has 0 fully saturated rings. The third-order valence-electron chi connectivity index (χ3n) is 4.98. The van der Waals surface area contributed by atoms with Crippen LogP contribution in [0.25, 0.3) is 12.2 Å². The van der Waals surface area contributed by atoms with Gasteiger partial charge in [0.15, 0.2) is 11.5 Å². The summed E-state index contributed by atoms with van der Waals surface area (Å²) in [4.78, 5) is 6.41. The summed E-state index contributed by atoms with van der Waals surface area (Å²) in [7, 11) is 3.20. The average molecular weight is 387 g/mol. The van der Waals surface area contributed by atoms with Crippen LogP contribution in [0.2, 0.25) is 0 Å². The Hall–Kier alpha value is -3.72. The predicted molar refractivity (Wildman–Crippen MR) is 111 cm³/mol. The summed E-state index contributed by atoms with van der Waals surface area (Å²) in [5, 5.41) is 9.52. The molecule has 2 aromatic carbocycles. The van der Waals surface area contributed by atoms with Gasteiger partial charge in [-0.3, -0.25) is 0 Å². The van der Waals surface area contributed by atoms with Gasteiger partial charge in [-0.25, -0.2) is 0 Å². The van der Waals surface area contributed by atoms with Crippen molar-refractivity contribution in [1.29, 1.82) is 5.26 Å². The Balaban J connectivity index is 1.57. The fourth-order valence-corrected chi connectivity index (χ4v) is 3.48. The van der Waals surface area contributed by atoms with Crippen LogP contribution in [0.5, 0.6) is 11.5 Å². The third-order valence-corrected chi connectivity index (χ3v) is 4.98. The largest absolute Gasteiger partial charge is 0.493 e. The highest BCUT2D eigenvalue weighted by atomic mass is 16.5. The summed E-state index contributed by atoms with van der Waals surface area (Å²) in [6, 6.07) is 16.1. The molecule has 0 atom stereocenters. The molecule has 1 aliphatic heterocycles. The molecule has 4 rings (SSSR count). The molecule has 2 heterocycles. The van der Waals surface area contributed by atoms with Crippen molar-refractivity contribution in [2.75, 3.05) is 25.7 Å². The maximum absolute atomic E-state index is 9.52. The van der Waals surface area contributed by atoms with Crippen LogP contribution >= 0.6 is 0 Å². The van der Waals surface area contributed by atoms with Crippen molar-refractivity contribution in [3.05, 3.63) is 70.7 Å². The molecule has 3 aromatic rings. The first kappa shape index (κ1) is 18.6. The van der Waals surface area contributed by atoms with Crippen LogP contribution in [0.4, 0.5) is 5.88 Å². The molecule has 146 valence electrons. The Morgan fingerprint density at radius 2 is 1.86 bits per heavy atom. The van der Waals surface area contributed by atoms with Gasteiger partial charge in [-0.15, -0.1) is 0 Å². The molecule has 0 spiro atoms. The number of nitrogens with zero attached hydrogens (tertiary/aromatic N) is 3. The van der Waals surface area contributed by atoms with E-state index in [9.17, 15) is 5.26 Å². The van der Waals surface area contributed by atoms with Gasteiger partial charge in [0.1, 0.15) is 6.07 Å². The average Bonchev–Trinajstić information content (AvgIpc) is 3.20. The van der Waals surface area contributed by atoms with Crippen LogP contribution in [0.15, 0.2) is 46.9 Å². The normalized spacial score (nSPS) is 13.2. The number of hydrogen-bond acceptors (Lipinski definition) is 6. The number of ether oxygens (including phenoxy) is 2. The number of methoxy groups -OCH3 is 2. The molecule has 0 unspecified atom stereocenters. The molecule has 0 amide bonds. The number of aromatic nitrogens is 1. The molecule has 0 saturated carbocycles. The monoisotopic (exact) mass is 387 g/mol. The molecule has 0 N–H and O–H groups in total. The van der Waals surface area contributed by atoms with Crippen molar-refractivity contribution in [2.24, 2.45) is 0 Å². The molecule has 1 aliphatic rings. The Kier molecular flexibility index (Phi) is 5.21. The number of anilines is 1. The van der Waals surface area contributed by atoms with E-state index in [1.807, 2.05) is 30.3 Å². The highest BCUT2D eigenvalue weighted by Gasteiger charge is 2.23. The lowest BCUT2D eigenvalue weighted by atomic mass is 10.00. The van der Waals surface area contributed by atoms with E-state index in [0.717, 1.165) is 18.5 Å². The van der Waals surface area contributed by atoms with E-state index in [1.165, 1.54) is 11.1 Å². The van der Waals surface area contributed by atoms with Crippen molar-refractivity contribution >= 4 is 18.0 Å². The van der Waals surface area contributed by atoms with E-state index in [1.54, 1.807) is 20.3 Å². The second-order valence-electron chi connectivity index (χ2n) is 6.71. The zero-order valence-corrected chi connectivity index (χ0v) is 16.4. The number of oxazole rings is 1. The lowest BCUT2D eigenvalue weighted by Gasteiger charge is -2.28. The smallest absolute Gasteiger partial charge is 0.235 e. The molecular formula is C23H21N3O3. The minimum absolute atomic E-state index is 0.302. The Morgan fingerprint density at radius 3 is 2.62 bits per heavy atom. The highest BCUT2D eigenvalue weighted by molar-refractivity contribution is 5.69. The zero-order valence-electron chi connectivity index (χ0n) is 16.4. The summed E-state index contributed by atoms with van der Waals surface area (Å²) in [6.07, 6.45) is 4.53. The van der Waals surface area contributed by atoms with Crippen LogP contribution in [-0.2, 0) is 13.0 Å². The molecule has 0 aliphatic carbocycles. The van der Waals surface area contributed by atoms with Gasteiger partial charge in [0.2, 0.25) is 17.5 Å².